The topological polar surface area (TPSA) is 95.1 Å². The third-order valence-corrected chi connectivity index (χ3v) is 6.38. The third-order valence-electron chi connectivity index (χ3n) is 2.36. The minimum atomic E-state index is -3.37. The maximum atomic E-state index is 12.6. The highest BCUT2D eigenvalue weighted by Crippen LogP contribution is 2.47. The lowest BCUT2D eigenvalue weighted by atomic mass is 10.4. The van der Waals surface area contributed by atoms with Gasteiger partial charge in [-0.1, -0.05) is 0 Å². The molecule has 0 amide bonds. The zero-order valence-electron chi connectivity index (χ0n) is 16.8. The molecule has 0 rings (SSSR count). The molecule has 0 atom stereocenters. The third kappa shape index (κ3) is 13.1. The van der Waals surface area contributed by atoms with E-state index in [1.807, 2.05) is 0 Å². The molecule has 0 aromatic heterocycles. The first-order chi connectivity index (χ1) is 11.4. The van der Waals surface area contributed by atoms with E-state index in [9.17, 15) is 9.13 Å². The molecular weight excluding hydrogens is 366 g/mol. The van der Waals surface area contributed by atoms with E-state index >= 15 is 0 Å². The van der Waals surface area contributed by atoms with Crippen LogP contribution in [0.5, 0.6) is 0 Å². The summed E-state index contributed by atoms with van der Waals surface area (Å²) < 4.78 is 46.8. The van der Waals surface area contributed by atoms with E-state index in [1.165, 1.54) is 0 Å². The van der Waals surface area contributed by atoms with E-state index < -0.39 is 15.5 Å². The highest BCUT2D eigenvalue weighted by atomic mass is 31.2. The van der Waals surface area contributed by atoms with E-state index in [1.54, 1.807) is 55.4 Å². The van der Waals surface area contributed by atoms with Gasteiger partial charge in [0.1, 0.15) is 0 Å². The monoisotopic (exact) mass is 402 g/mol. The summed E-state index contributed by atoms with van der Waals surface area (Å²) in [6.45, 7) is 15.1. The quantitative estimate of drug-likeness (QED) is 0.325. The van der Waals surface area contributed by atoms with Crippen molar-refractivity contribution in [3.63, 3.8) is 0 Å². The standard InChI is InChI=1S/C15H36N2O6P2/c1-12(2)20-24(18,21-13(3)4)16-10-9-11-17-25(19,22-14(5)6)23-15(7)8/h12-15H,9-11H2,1-8H3,(H,16,18)(H,17,19). The van der Waals surface area contributed by atoms with Crippen LogP contribution in [-0.4, -0.2) is 37.5 Å². The average Bonchev–Trinajstić information content (AvgIpc) is 2.33. The number of nitrogens with one attached hydrogen (secondary N) is 2. The van der Waals surface area contributed by atoms with Crippen molar-refractivity contribution in [1.29, 1.82) is 0 Å². The van der Waals surface area contributed by atoms with Crippen molar-refractivity contribution in [3.05, 3.63) is 0 Å². The molecule has 0 aliphatic rings. The summed E-state index contributed by atoms with van der Waals surface area (Å²) in [5, 5.41) is 5.65. The molecule has 10 heteroatoms. The fraction of sp³-hybridized carbons (Fsp3) is 1.00. The fourth-order valence-electron chi connectivity index (χ4n) is 1.83. The minimum Gasteiger partial charge on any atom is -0.294 e. The highest BCUT2D eigenvalue weighted by molar-refractivity contribution is 7.52. The molecule has 8 nitrogen and oxygen atoms in total. The molecule has 0 aliphatic carbocycles. The Bertz CT molecular complexity index is 389. The Labute approximate surface area is 152 Å². The van der Waals surface area contributed by atoms with Gasteiger partial charge < -0.3 is 0 Å². The SMILES string of the molecule is CC(C)OP(=O)(NCCCNP(=O)(OC(C)C)OC(C)C)OC(C)C. The summed E-state index contributed by atoms with van der Waals surface area (Å²) in [6, 6.07) is 0. The van der Waals surface area contributed by atoms with Crippen molar-refractivity contribution in [2.45, 2.75) is 86.2 Å². The van der Waals surface area contributed by atoms with E-state index in [2.05, 4.69) is 10.2 Å². The van der Waals surface area contributed by atoms with Gasteiger partial charge in [-0.3, -0.25) is 18.1 Å². The number of hydrogen-bond acceptors (Lipinski definition) is 6. The first-order valence-electron chi connectivity index (χ1n) is 8.81. The minimum absolute atomic E-state index is 0.227. The Kier molecular flexibility index (Phi) is 11.9. The lowest BCUT2D eigenvalue weighted by molar-refractivity contribution is 0.135. The van der Waals surface area contributed by atoms with Gasteiger partial charge in [0, 0.05) is 13.1 Å². The Morgan fingerprint density at radius 3 is 1.04 bits per heavy atom. The Hall–Kier alpha value is 0.220. The van der Waals surface area contributed by atoms with Crippen LogP contribution in [0, 0.1) is 0 Å². The second-order valence-corrected chi connectivity index (χ2v) is 10.2. The van der Waals surface area contributed by atoms with Crippen LogP contribution in [0.4, 0.5) is 0 Å². The van der Waals surface area contributed by atoms with Gasteiger partial charge in [-0.05, 0) is 61.8 Å². The largest absolute Gasteiger partial charge is 0.406 e. The summed E-state index contributed by atoms with van der Waals surface area (Å²) in [5.41, 5.74) is 0. The second kappa shape index (κ2) is 11.8. The van der Waals surface area contributed by atoms with Crippen LogP contribution in [-0.2, 0) is 27.2 Å². The molecule has 0 radical (unpaired) electrons. The Morgan fingerprint density at radius 2 is 0.840 bits per heavy atom. The lowest BCUT2D eigenvalue weighted by Gasteiger charge is -2.24. The summed E-state index contributed by atoms with van der Waals surface area (Å²) >= 11 is 0. The predicted octanol–water partition coefficient (Wildman–Crippen LogP) is 4.47. The molecule has 0 saturated heterocycles. The van der Waals surface area contributed by atoms with Gasteiger partial charge in [-0.15, -0.1) is 0 Å². The van der Waals surface area contributed by atoms with E-state index in [0.717, 1.165) is 0 Å². The van der Waals surface area contributed by atoms with Gasteiger partial charge in [-0.25, -0.2) is 19.3 Å². The van der Waals surface area contributed by atoms with Crippen molar-refractivity contribution in [2.75, 3.05) is 13.1 Å². The van der Waals surface area contributed by atoms with Crippen LogP contribution in [0.3, 0.4) is 0 Å². The van der Waals surface area contributed by atoms with Crippen molar-refractivity contribution >= 4 is 15.5 Å². The summed E-state index contributed by atoms with van der Waals surface area (Å²) in [4.78, 5) is 0. The van der Waals surface area contributed by atoms with Gasteiger partial charge in [0.25, 0.3) is 0 Å². The van der Waals surface area contributed by atoms with Crippen LogP contribution < -0.4 is 10.2 Å². The Balaban J connectivity index is 4.47. The van der Waals surface area contributed by atoms with Gasteiger partial charge in [0.05, 0.1) is 24.4 Å². The molecular formula is C15H36N2O6P2. The van der Waals surface area contributed by atoms with Crippen LogP contribution >= 0.6 is 15.5 Å². The van der Waals surface area contributed by atoms with Crippen LogP contribution in [0.25, 0.3) is 0 Å². The Morgan fingerprint density at radius 1 is 0.600 bits per heavy atom. The second-order valence-electron chi connectivity index (χ2n) is 6.78. The first kappa shape index (κ1) is 25.2. The maximum absolute atomic E-state index is 12.6. The maximum Gasteiger partial charge on any atom is 0.406 e. The molecule has 2 N–H and O–H groups in total. The van der Waals surface area contributed by atoms with E-state index in [4.69, 9.17) is 18.1 Å². The summed E-state index contributed by atoms with van der Waals surface area (Å²) in [6.07, 6.45) is -0.368. The van der Waals surface area contributed by atoms with Gasteiger partial charge >= 0.3 is 15.5 Å². The number of hydrogen-bond donors (Lipinski definition) is 2. The van der Waals surface area contributed by atoms with Gasteiger partial charge in [0.15, 0.2) is 0 Å². The molecule has 0 fully saturated rings. The average molecular weight is 402 g/mol. The van der Waals surface area contributed by atoms with E-state index in [-0.39, 0.29) is 24.4 Å². The molecule has 0 aliphatic heterocycles. The molecule has 0 heterocycles. The molecule has 152 valence electrons. The summed E-state index contributed by atoms with van der Waals surface area (Å²) in [7, 11) is -6.73. The first-order valence-corrected chi connectivity index (χ1v) is 11.9. The van der Waals surface area contributed by atoms with Crippen molar-refractivity contribution in [1.82, 2.24) is 10.2 Å². The number of rotatable bonds is 14. The predicted molar refractivity (Wildman–Crippen MR) is 101 cm³/mol. The highest BCUT2D eigenvalue weighted by Gasteiger charge is 2.29. The van der Waals surface area contributed by atoms with E-state index in [0.29, 0.717) is 19.5 Å². The van der Waals surface area contributed by atoms with Gasteiger partial charge in [0.2, 0.25) is 0 Å². The van der Waals surface area contributed by atoms with Crippen molar-refractivity contribution in [2.24, 2.45) is 0 Å². The smallest absolute Gasteiger partial charge is 0.294 e. The molecule has 0 aromatic rings. The van der Waals surface area contributed by atoms with Gasteiger partial charge in [-0.2, -0.15) is 0 Å². The van der Waals surface area contributed by atoms with Crippen LogP contribution in [0.1, 0.15) is 61.8 Å². The molecule has 0 aromatic carbocycles. The zero-order valence-corrected chi connectivity index (χ0v) is 18.6. The normalized spacial score (nSPS) is 13.6. The van der Waals surface area contributed by atoms with Crippen molar-refractivity contribution in [3.8, 4) is 0 Å². The van der Waals surface area contributed by atoms with Crippen LogP contribution in [0.15, 0.2) is 0 Å². The fourth-order valence-corrected chi connectivity index (χ4v) is 5.31. The van der Waals surface area contributed by atoms with Crippen LogP contribution in [0.2, 0.25) is 0 Å². The van der Waals surface area contributed by atoms with Crippen molar-refractivity contribution < 1.29 is 27.2 Å². The lowest BCUT2D eigenvalue weighted by Crippen LogP contribution is -2.25. The molecule has 0 spiro atoms. The molecule has 0 saturated carbocycles. The molecule has 0 unspecified atom stereocenters. The zero-order chi connectivity index (χ0) is 19.7. The molecule has 0 bridgehead atoms. The summed E-state index contributed by atoms with van der Waals surface area (Å²) in [5.74, 6) is 0. The molecule has 25 heavy (non-hydrogen) atoms.